The molecule has 0 aliphatic heterocycles. The number of nitrogens with zero attached hydrogens (tertiary/aromatic N) is 1. The third-order valence-electron chi connectivity index (χ3n) is 1.72. The molecular weight excluding hydrogens is 322 g/mol. The topological polar surface area (TPSA) is 22.1 Å². The highest BCUT2D eigenvalue weighted by Gasteiger charge is 1.98. The van der Waals surface area contributed by atoms with E-state index in [0.717, 1.165) is 14.7 Å². The van der Waals surface area contributed by atoms with Gasteiger partial charge in [-0.05, 0) is 40.2 Å². The Morgan fingerprint density at radius 3 is 2.53 bits per heavy atom. The molecule has 0 aliphatic carbocycles. The summed E-state index contributed by atoms with van der Waals surface area (Å²) < 4.78 is 7.47. The summed E-state index contributed by atoms with van der Waals surface area (Å²) in [5.41, 5.74) is 0. The third kappa shape index (κ3) is 3.04. The SMILES string of the molecule is Brc1ccc(Oc2cccc(Br)c2)nc1. The Balaban J connectivity index is 2.18. The summed E-state index contributed by atoms with van der Waals surface area (Å²) in [7, 11) is 0. The van der Waals surface area contributed by atoms with Crippen LogP contribution in [0.4, 0.5) is 0 Å². The zero-order valence-electron chi connectivity index (χ0n) is 7.65. The van der Waals surface area contributed by atoms with Crippen molar-refractivity contribution >= 4 is 31.9 Å². The molecule has 1 aromatic heterocycles. The third-order valence-corrected chi connectivity index (χ3v) is 2.68. The van der Waals surface area contributed by atoms with Gasteiger partial charge in [-0.2, -0.15) is 0 Å². The van der Waals surface area contributed by atoms with Crippen LogP contribution in [0.5, 0.6) is 11.6 Å². The van der Waals surface area contributed by atoms with Crippen molar-refractivity contribution in [2.24, 2.45) is 0 Å². The van der Waals surface area contributed by atoms with Gasteiger partial charge in [0.1, 0.15) is 5.75 Å². The lowest BCUT2D eigenvalue weighted by Crippen LogP contribution is -1.86. The van der Waals surface area contributed by atoms with Gasteiger partial charge in [0.2, 0.25) is 5.88 Å². The zero-order valence-corrected chi connectivity index (χ0v) is 10.8. The maximum Gasteiger partial charge on any atom is 0.219 e. The lowest BCUT2D eigenvalue weighted by Gasteiger charge is -2.04. The average molecular weight is 329 g/mol. The lowest BCUT2D eigenvalue weighted by atomic mass is 10.3. The first-order valence-electron chi connectivity index (χ1n) is 4.29. The second kappa shape index (κ2) is 4.77. The normalized spacial score (nSPS) is 10.0. The fraction of sp³-hybridized carbons (Fsp3) is 0. The first-order valence-corrected chi connectivity index (χ1v) is 5.87. The summed E-state index contributed by atoms with van der Waals surface area (Å²) in [6.07, 6.45) is 1.70. The monoisotopic (exact) mass is 327 g/mol. The van der Waals surface area contributed by atoms with Crippen LogP contribution in [0, 0.1) is 0 Å². The van der Waals surface area contributed by atoms with Crippen LogP contribution in [0.1, 0.15) is 0 Å². The van der Waals surface area contributed by atoms with E-state index in [9.17, 15) is 0 Å². The van der Waals surface area contributed by atoms with Gasteiger partial charge in [-0.15, -0.1) is 0 Å². The molecule has 0 amide bonds. The molecule has 2 aromatic rings. The molecule has 0 bridgehead atoms. The van der Waals surface area contributed by atoms with Crippen molar-refractivity contribution in [3.8, 4) is 11.6 Å². The number of benzene rings is 1. The minimum absolute atomic E-state index is 0.580. The van der Waals surface area contributed by atoms with Crippen LogP contribution in [-0.4, -0.2) is 4.98 Å². The van der Waals surface area contributed by atoms with Gasteiger partial charge in [-0.25, -0.2) is 4.98 Å². The number of hydrogen-bond acceptors (Lipinski definition) is 2. The van der Waals surface area contributed by atoms with Crippen LogP contribution in [0.3, 0.4) is 0 Å². The van der Waals surface area contributed by atoms with E-state index in [1.54, 1.807) is 6.20 Å². The van der Waals surface area contributed by atoms with Crippen LogP contribution < -0.4 is 4.74 Å². The van der Waals surface area contributed by atoms with Crippen molar-refractivity contribution in [1.29, 1.82) is 0 Å². The molecule has 4 heteroatoms. The molecule has 0 spiro atoms. The number of hydrogen-bond donors (Lipinski definition) is 0. The molecule has 1 heterocycles. The number of aromatic nitrogens is 1. The predicted molar refractivity (Wildman–Crippen MR) is 66.2 cm³/mol. The molecule has 76 valence electrons. The summed E-state index contributed by atoms with van der Waals surface area (Å²) in [6, 6.07) is 11.3. The quantitative estimate of drug-likeness (QED) is 0.815. The van der Waals surface area contributed by atoms with E-state index >= 15 is 0 Å². The van der Waals surface area contributed by atoms with Crippen molar-refractivity contribution in [3.63, 3.8) is 0 Å². The molecule has 0 saturated carbocycles. The van der Waals surface area contributed by atoms with Gasteiger partial charge in [0.15, 0.2) is 0 Å². The van der Waals surface area contributed by atoms with Crippen molar-refractivity contribution in [2.75, 3.05) is 0 Å². The summed E-state index contributed by atoms with van der Waals surface area (Å²) in [4.78, 5) is 4.12. The minimum atomic E-state index is 0.580. The van der Waals surface area contributed by atoms with Gasteiger partial charge in [0, 0.05) is 21.2 Å². The van der Waals surface area contributed by atoms with Gasteiger partial charge in [-0.1, -0.05) is 22.0 Å². The fourth-order valence-electron chi connectivity index (χ4n) is 1.07. The maximum absolute atomic E-state index is 5.55. The molecule has 0 radical (unpaired) electrons. The zero-order chi connectivity index (χ0) is 10.7. The maximum atomic E-state index is 5.55. The number of pyridine rings is 1. The molecular formula is C11H7Br2NO. The van der Waals surface area contributed by atoms with Crippen LogP contribution in [0.25, 0.3) is 0 Å². The Labute approximate surface area is 105 Å². The summed E-state index contributed by atoms with van der Waals surface area (Å²) in [5, 5.41) is 0. The van der Waals surface area contributed by atoms with Crippen molar-refractivity contribution < 1.29 is 4.74 Å². The number of ether oxygens (including phenoxy) is 1. The molecule has 0 aliphatic rings. The molecule has 0 unspecified atom stereocenters. The van der Waals surface area contributed by atoms with E-state index in [4.69, 9.17) is 4.74 Å². The molecule has 0 N–H and O–H groups in total. The van der Waals surface area contributed by atoms with E-state index in [-0.39, 0.29) is 0 Å². The standard InChI is InChI=1S/C11H7Br2NO/c12-8-2-1-3-10(6-8)15-11-5-4-9(13)7-14-11/h1-7H. The fourth-order valence-corrected chi connectivity index (χ4v) is 1.69. The second-order valence-corrected chi connectivity index (χ2v) is 4.71. The molecule has 2 nitrogen and oxygen atoms in total. The highest BCUT2D eigenvalue weighted by Crippen LogP contribution is 2.23. The molecule has 1 aromatic carbocycles. The van der Waals surface area contributed by atoms with E-state index in [1.165, 1.54) is 0 Å². The van der Waals surface area contributed by atoms with Gasteiger partial charge in [0.05, 0.1) is 0 Å². The smallest absolute Gasteiger partial charge is 0.219 e. The predicted octanol–water partition coefficient (Wildman–Crippen LogP) is 4.40. The van der Waals surface area contributed by atoms with E-state index in [0.29, 0.717) is 5.88 Å². The van der Waals surface area contributed by atoms with Gasteiger partial charge < -0.3 is 4.74 Å². The largest absolute Gasteiger partial charge is 0.439 e. The van der Waals surface area contributed by atoms with Crippen molar-refractivity contribution in [2.45, 2.75) is 0 Å². The number of halogens is 2. The van der Waals surface area contributed by atoms with Gasteiger partial charge in [0.25, 0.3) is 0 Å². The van der Waals surface area contributed by atoms with Crippen molar-refractivity contribution in [3.05, 3.63) is 51.5 Å². The Bertz CT molecular complexity index is 456. The highest BCUT2D eigenvalue weighted by molar-refractivity contribution is 9.10. The Kier molecular flexibility index (Phi) is 3.38. The number of rotatable bonds is 2. The Morgan fingerprint density at radius 1 is 1.00 bits per heavy atom. The molecule has 0 atom stereocenters. The lowest BCUT2D eigenvalue weighted by molar-refractivity contribution is 0.462. The van der Waals surface area contributed by atoms with Crippen LogP contribution in [0.15, 0.2) is 51.5 Å². The van der Waals surface area contributed by atoms with E-state index in [2.05, 4.69) is 36.8 Å². The van der Waals surface area contributed by atoms with Crippen LogP contribution >= 0.6 is 31.9 Å². The van der Waals surface area contributed by atoms with Gasteiger partial charge in [-0.3, -0.25) is 0 Å². The van der Waals surface area contributed by atoms with Gasteiger partial charge >= 0.3 is 0 Å². The van der Waals surface area contributed by atoms with Crippen molar-refractivity contribution in [1.82, 2.24) is 4.98 Å². The Morgan fingerprint density at radius 2 is 1.87 bits per heavy atom. The summed E-state index contributed by atoms with van der Waals surface area (Å²) in [5.74, 6) is 1.34. The molecule has 0 saturated heterocycles. The average Bonchev–Trinajstić information content (AvgIpc) is 2.22. The molecule has 2 rings (SSSR count). The summed E-state index contributed by atoms with van der Waals surface area (Å²) in [6.45, 7) is 0. The Hall–Kier alpha value is -0.870. The molecule has 0 fully saturated rings. The van der Waals surface area contributed by atoms with E-state index < -0.39 is 0 Å². The van der Waals surface area contributed by atoms with Crippen LogP contribution in [-0.2, 0) is 0 Å². The van der Waals surface area contributed by atoms with Crippen LogP contribution in [0.2, 0.25) is 0 Å². The first kappa shape index (κ1) is 10.6. The first-order chi connectivity index (χ1) is 7.24. The molecule has 15 heavy (non-hydrogen) atoms. The van der Waals surface area contributed by atoms with E-state index in [1.807, 2.05) is 36.4 Å². The highest BCUT2D eigenvalue weighted by atomic mass is 79.9. The minimum Gasteiger partial charge on any atom is -0.439 e. The second-order valence-electron chi connectivity index (χ2n) is 2.87. The summed E-state index contributed by atoms with van der Waals surface area (Å²) >= 11 is 6.70.